The molecule has 0 heterocycles. The molecule has 0 bridgehead atoms. The van der Waals surface area contributed by atoms with Crippen LogP contribution in [0.25, 0.3) is 0 Å². The highest BCUT2D eigenvalue weighted by molar-refractivity contribution is 6.30. The molecule has 3 unspecified atom stereocenters. The van der Waals surface area contributed by atoms with Gasteiger partial charge in [0.25, 0.3) is 5.91 Å². The number of amides is 1. The number of carbonyl (C=O) groups excluding carboxylic acids is 1. The van der Waals surface area contributed by atoms with Gasteiger partial charge < -0.3 is 22.1 Å². The largest absolute Gasteiger partial charge is 0.356 e. The number of halogens is 1. The zero-order chi connectivity index (χ0) is 22.8. The Morgan fingerprint density at radius 2 is 1.94 bits per heavy atom. The zero-order valence-corrected chi connectivity index (χ0v) is 18.6. The third kappa shape index (κ3) is 8.02. The lowest BCUT2D eigenvalue weighted by molar-refractivity contribution is 0.100. The molecule has 2 aromatic rings. The molecule has 0 spiro atoms. The monoisotopic (exact) mass is 440 g/mol. The van der Waals surface area contributed by atoms with Crippen LogP contribution in [0.3, 0.4) is 0 Å². The van der Waals surface area contributed by atoms with Crippen LogP contribution in [-0.4, -0.2) is 24.6 Å². The van der Waals surface area contributed by atoms with E-state index in [1.54, 1.807) is 30.3 Å². The van der Waals surface area contributed by atoms with Crippen LogP contribution in [0, 0.1) is 17.2 Å². The molecule has 7 nitrogen and oxygen atoms in total. The highest BCUT2D eigenvalue weighted by atomic mass is 35.5. The van der Waals surface area contributed by atoms with Gasteiger partial charge in [0.1, 0.15) is 0 Å². The standard InChI is InChI=1S/C23H29ClN6O/c1-3-15(2)14-28-23(30-22(31)18-6-4-5-16(11-18)13-25)29-21(27)12-20(26)17-7-9-19(24)10-8-17/h4-11,15,20-21H,3,12,14,26-27H2,1-2H3,(H2,28,29,30,31). The van der Waals surface area contributed by atoms with Crippen molar-refractivity contribution < 1.29 is 4.79 Å². The lowest BCUT2D eigenvalue weighted by Crippen LogP contribution is -2.50. The minimum atomic E-state index is -0.535. The molecule has 31 heavy (non-hydrogen) atoms. The number of hydrogen-bond acceptors (Lipinski definition) is 4. The minimum absolute atomic E-state index is 0.281. The molecule has 0 saturated carbocycles. The Hall–Kier alpha value is -2.92. The minimum Gasteiger partial charge on any atom is -0.356 e. The summed E-state index contributed by atoms with van der Waals surface area (Å²) in [6, 6.07) is 15.4. The molecule has 0 radical (unpaired) electrons. The van der Waals surface area contributed by atoms with E-state index in [9.17, 15) is 4.79 Å². The number of hydrogen-bond donors (Lipinski definition) is 4. The van der Waals surface area contributed by atoms with E-state index in [1.165, 1.54) is 6.07 Å². The molecule has 6 N–H and O–H groups in total. The molecule has 0 aliphatic carbocycles. The van der Waals surface area contributed by atoms with Crippen LogP contribution in [0.1, 0.15) is 54.2 Å². The van der Waals surface area contributed by atoms with Gasteiger partial charge in [-0.2, -0.15) is 10.3 Å². The summed E-state index contributed by atoms with van der Waals surface area (Å²) >= 11 is 5.93. The predicted molar refractivity (Wildman–Crippen MR) is 124 cm³/mol. The van der Waals surface area contributed by atoms with E-state index < -0.39 is 12.1 Å². The Morgan fingerprint density at radius 3 is 2.58 bits per heavy atom. The quantitative estimate of drug-likeness (QED) is 0.283. The van der Waals surface area contributed by atoms with Crippen molar-refractivity contribution in [2.45, 2.75) is 38.9 Å². The van der Waals surface area contributed by atoms with Crippen LogP contribution in [0.2, 0.25) is 5.02 Å². The van der Waals surface area contributed by atoms with Gasteiger partial charge in [0.2, 0.25) is 5.96 Å². The summed E-state index contributed by atoms with van der Waals surface area (Å²) in [5, 5.41) is 15.9. The van der Waals surface area contributed by atoms with Crippen molar-refractivity contribution in [1.29, 1.82) is 5.26 Å². The number of nitrogens with two attached hydrogens (primary N) is 2. The lowest BCUT2D eigenvalue weighted by Gasteiger charge is -2.22. The molecule has 0 aliphatic heterocycles. The van der Waals surface area contributed by atoms with Crippen molar-refractivity contribution in [3.63, 3.8) is 0 Å². The van der Waals surface area contributed by atoms with Gasteiger partial charge in [-0.3, -0.25) is 4.79 Å². The Bertz CT molecular complexity index is 938. The van der Waals surface area contributed by atoms with Gasteiger partial charge in [0.15, 0.2) is 0 Å². The molecular formula is C23H29ClN6O. The third-order valence-corrected chi connectivity index (χ3v) is 5.15. The van der Waals surface area contributed by atoms with Gasteiger partial charge in [0.05, 0.1) is 17.8 Å². The van der Waals surface area contributed by atoms with Gasteiger partial charge in [-0.05, 0) is 48.2 Å². The second-order valence-corrected chi connectivity index (χ2v) is 7.93. The molecule has 164 valence electrons. The Balaban J connectivity index is 2.12. The summed E-state index contributed by atoms with van der Waals surface area (Å²) in [5.41, 5.74) is 14.2. The fraction of sp³-hybridized carbons (Fsp3) is 0.348. The van der Waals surface area contributed by atoms with Gasteiger partial charge >= 0.3 is 0 Å². The number of carbonyl (C=O) groups is 1. The molecule has 2 rings (SSSR count). The number of aliphatic imine (C=N–C) groups is 1. The first kappa shape index (κ1) is 24.4. The van der Waals surface area contributed by atoms with Crippen molar-refractivity contribution in [3.8, 4) is 6.07 Å². The summed E-state index contributed by atoms with van der Waals surface area (Å²) in [5.74, 6) is 0.200. The molecule has 1 amide bonds. The van der Waals surface area contributed by atoms with Gasteiger partial charge in [-0.15, -0.1) is 0 Å². The average molecular weight is 441 g/mol. The molecule has 0 aromatic heterocycles. The maximum Gasteiger partial charge on any atom is 0.280 e. The smallest absolute Gasteiger partial charge is 0.280 e. The number of nitriles is 1. The van der Waals surface area contributed by atoms with Crippen molar-refractivity contribution >= 4 is 23.5 Å². The first-order valence-electron chi connectivity index (χ1n) is 10.2. The van der Waals surface area contributed by atoms with Crippen LogP contribution < -0.4 is 22.1 Å². The molecule has 3 atom stereocenters. The second-order valence-electron chi connectivity index (χ2n) is 7.50. The molecule has 0 saturated heterocycles. The fourth-order valence-electron chi connectivity index (χ4n) is 2.78. The zero-order valence-electron chi connectivity index (χ0n) is 17.8. The Morgan fingerprint density at radius 1 is 1.23 bits per heavy atom. The highest BCUT2D eigenvalue weighted by Crippen LogP contribution is 2.17. The van der Waals surface area contributed by atoms with E-state index in [1.807, 2.05) is 18.2 Å². The summed E-state index contributed by atoms with van der Waals surface area (Å²) in [6.07, 6.45) is 0.863. The first-order valence-corrected chi connectivity index (χ1v) is 10.6. The maximum absolute atomic E-state index is 12.6. The number of nitrogens with zero attached hydrogens (tertiary/aromatic N) is 2. The van der Waals surface area contributed by atoms with Crippen molar-refractivity contribution in [3.05, 3.63) is 70.2 Å². The summed E-state index contributed by atoms with van der Waals surface area (Å²) in [7, 11) is 0. The molecule has 0 aliphatic rings. The van der Waals surface area contributed by atoms with Crippen molar-refractivity contribution in [2.75, 3.05) is 6.54 Å². The van der Waals surface area contributed by atoms with E-state index >= 15 is 0 Å². The van der Waals surface area contributed by atoms with Gasteiger partial charge in [-0.25, -0.2) is 0 Å². The van der Waals surface area contributed by atoms with E-state index in [-0.39, 0.29) is 12.0 Å². The molecular weight excluding hydrogens is 412 g/mol. The summed E-state index contributed by atoms with van der Waals surface area (Å²) in [4.78, 5) is 16.8. The van der Waals surface area contributed by atoms with Gasteiger partial charge in [0, 0.05) is 23.2 Å². The fourth-order valence-corrected chi connectivity index (χ4v) is 2.91. The first-order chi connectivity index (χ1) is 14.8. The number of guanidine groups is 1. The lowest BCUT2D eigenvalue weighted by atomic mass is 10.0. The van der Waals surface area contributed by atoms with Crippen molar-refractivity contribution in [1.82, 2.24) is 10.6 Å². The van der Waals surface area contributed by atoms with Crippen LogP contribution in [-0.2, 0) is 0 Å². The second kappa shape index (κ2) is 12.1. The van der Waals surface area contributed by atoms with E-state index in [4.69, 9.17) is 28.3 Å². The number of rotatable bonds is 8. The normalized spacial score (nSPS) is 14.3. The van der Waals surface area contributed by atoms with Crippen molar-refractivity contribution in [2.24, 2.45) is 22.4 Å². The Kier molecular flexibility index (Phi) is 9.47. The van der Waals surface area contributed by atoms with Crippen LogP contribution in [0.15, 0.2) is 53.5 Å². The molecule has 0 fully saturated rings. The topological polar surface area (TPSA) is 129 Å². The van der Waals surface area contributed by atoms with E-state index in [2.05, 4.69) is 29.5 Å². The highest BCUT2D eigenvalue weighted by Gasteiger charge is 2.15. The maximum atomic E-state index is 12.6. The predicted octanol–water partition coefficient (Wildman–Crippen LogP) is 3.31. The Labute approximate surface area is 188 Å². The van der Waals surface area contributed by atoms with Crippen LogP contribution in [0.4, 0.5) is 0 Å². The van der Waals surface area contributed by atoms with Crippen LogP contribution in [0.5, 0.6) is 0 Å². The summed E-state index contributed by atoms with van der Waals surface area (Å²) < 4.78 is 0. The van der Waals surface area contributed by atoms with E-state index in [0.29, 0.717) is 35.0 Å². The number of nitrogens with one attached hydrogen (secondary N) is 2. The third-order valence-electron chi connectivity index (χ3n) is 4.90. The SMILES string of the molecule is CCC(C)CN/C(=N/C(=O)c1cccc(C#N)c1)NC(N)CC(N)c1ccc(Cl)cc1. The summed E-state index contributed by atoms with van der Waals surface area (Å²) in [6.45, 7) is 4.81. The molecule has 8 heteroatoms. The average Bonchev–Trinajstić information content (AvgIpc) is 2.77. The van der Waals surface area contributed by atoms with Gasteiger partial charge in [-0.1, -0.05) is 50.1 Å². The molecule has 2 aromatic carbocycles. The van der Waals surface area contributed by atoms with Crippen LogP contribution >= 0.6 is 11.6 Å². The van der Waals surface area contributed by atoms with E-state index in [0.717, 1.165) is 12.0 Å². The number of benzene rings is 2.